The second kappa shape index (κ2) is 10.4. The molecule has 0 aliphatic rings. The van der Waals surface area contributed by atoms with E-state index in [2.05, 4.69) is 20.6 Å². The number of nitrogens with zero attached hydrogens (tertiary/aromatic N) is 2. The predicted octanol–water partition coefficient (Wildman–Crippen LogP) is 2.98. The van der Waals surface area contributed by atoms with E-state index in [0.717, 1.165) is 40.6 Å². The van der Waals surface area contributed by atoms with E-state index in [0.29, 0.717) is 24.6 Å². The van der Waals surface area contributed by atoms with E-state index in [4.69, 9.17) is 14.2 Å². The Balaban J connectivity index is 2.11. The maximum atomic E-state index is 5.48. The quantitative estimate of drug-likeness (QED) is 0.537. The number of rotatable bonds is 8. The molecule has 1 heterocycles. The van der Waals surface area contributed by atoms with Crippen LogP contribution in [0.4, 0.5) is 0 Å². The zero-order valence-corrected chi connectivity index (χ0v) is 17.5. The number of hydrogen-bond donors (Lipinski definition) is 2. The van der Waals surface area contributed by atoms with Gasteiger partial charge in [-0.05, 0) is 38.5 Å². The van der Waals surface area contributed by atoms with Crippen LogP contribution in [0.2, 0.25) is 0 Å². The minimum atomic E-state index is 0.513. The van der Waals surface area contributed by atoms with Crippen LogP contribution < -0.4 is 24.8 Å². The molecule has 0 unspecified atom stereocenters. The largest absolute Gasteiger partial charge is 0.496 e. The van der Waals surface area contributed by atoms with Crippen molar-refractivity contribution in [1.29, 1.82) is 0 Å². The summed E-state index contributed by atoms with van der Waals surface area (Å²) in [6.07, 6.45) is 1.83. The van der Waals surface area contributed by atoms with Crippen LogP contribution in [-0.4, -0.2) is 38.8 Å². The first kappa shape index (κ1) is 21.3. The van der Waals surface area contributed by atoms with Gasteiger partial charge in [-0.2, -0.15) is 0 Å². The molecule has 0 saturated heterocycles. The first-order valence-electron chi connectivity index (χ1n) is 9.26. The minimum Gasteiger partial charge on any atom is -0.496 e. The fraction of sp³-hybridized carbons (Fsp3) is 0.429. The maximum absolute atomic E-state index is 5.48. The van der Waals surface area contributed by atoms with Crippen LogP contribution in [0.1, 0.15) is 29.3 Å². The smallest absolute Gasteiger partial charge is 0.191 e. The number of methoxy groups -OCH3 is 3. The fourth-order valence-corrected chi connectivity index (χ4v) is 2.91. The van der Waals surface area contributed by atoms with Gasteiger partial charge >= 0.3 is 0 Å². The van der Waals surface area contributed by atoms with Crippen LogP contribution in [-0.2, 0) is 13.1 Å². The lowest BCUT2D eigenvalue weighted by molar-refractivity contribution is 0.354. The molecule has 0 saturated carbocycles. The number of aryl methyl sites for hydroxylation is 1. The van der Waals surface area contributed by atoms with Crippen molar-refractivity contribution in [2.75, 3.05) is 27.9 Å². The van der Waals surface area contributed by atoms with Gasteiger partial charge in [0.1, 0.15) is 5.75 Å². The molecule has 0 radical (unpaired) electrons. The molecule has 0 spiro atoms. The Morgan fingerprint density at radius 3 is 2.43 bits per heavy atom. The molecule has 0 fully saturated rings. The van der Waals surface area contributed by atoms with Crippen LogP contribution in [0.25, 0.3) is 0 Å². The molecule has 0 bridgehead atoms. The molecular weight excluding hydrogens is 356 g/mol. The molecule has 0 atom stereocenters. The second-order valence-corrected chi connectivity index (χ2v) is 6.28. The lowest BCUT2D eigenvalue weighted by Gasteiger charge is -2.15. The fourth-order valence-electron chi connectivity index (χ4n) is 2.91. The molecule has 1 aromatic carbocycles. The molecule has 7 heteroatoms. The molecule has 1 aromatic heterocycles. The highest BCUT2D eigenvalue weighted by Gasteiger charge is 2.10. The summed E-state index contributed by atoms with van der Waals surface area (Å²) in [7, 11) is 4.93. The van der Waals surface area contributed by atoms with Gasteiger partial charge in [-0.1, -0.05) is 6.07 Å². The highest BCUT2D eigenvalue weighted by Crippen LogP contribution is 2.27. The third-order valence-electron chi connectivity index (χ3n) is 4.38. The molecule has 7 nitrogen and oxygen atoms in total. The molecule has 2 rings (SSSR count). The van der Waals surface area contributed by atoms with Crippen molar-refractivity contribution in [3.05, 3.63) is 46.8 Å². The molecular formula is C21H30N4O3. The Kier molecular flexibility index (Phi) is 7.92. The van der Waals surface area contributed by atoms with E-state index in [1.807, 2.05) is 45.2 Å². The number of aliphatic imine (C=N–C) groups is 1. The van der Waals surface area contributed by atoms with E-state index in [9.17, 15) is 0 Å². The number of pyridine rings is 1. The lowest BCUT2D eigenvalue weighted by atomic mass is 10.1. The number of ether oxygens (including phenoxy) is 3. The average Bonchev–Trinajstić information content (AvgIpc) is 2.71. The Morgan fingerprint density at radius 1 is 1.04 bits per heavy atom. The number of aromatic nitrogens is 1. The Labute approximate surface area is 167 Å². The number of hydrogen-bond acceptors (Lipinski definition) is 5. The summed E-state index contributed by atoms with van der Waals surface area (Å²) in [5.41, 5.74) is 4.02. The Morgan fingerprint density at radius 2 is 1.79 bits per heavy atom. The summed E-state index contributed by atoms with van der Waals surface area (Å²) in [6.45, 7) is 7.88. The Bertz CT molecular complexity index is 822. The van der Waals surface area contributed by atoms with Gasteiger partial charge in [0.05, 0.1) is 40.1 Å². The summed E-state index contributed by atoms with van der Waals surface area (Å²) < 4.78 is 16.1. The van der Waals surface area contributed by atoms with E-state index in [-0.39, 0.29) is 0 Å². The highest BCUT2D eigenvalue weighted by molar-refractivity contribution is 5.79. The van der Waals surface area contributed by atoms with Crippen molar-refractivity contribution in [2.45, 2.75) is 33.9 Å². The molecule has 0 amide bonds. The molecule has 2 aromatic rings. The summed E-state index contributed by atoms with van der Waals surface area (Å²) in [6, 6.07) is 5.79. The minimum absolute atomic E-state index is 0.513. The van der Waals surface area contributed by atoms with Crippen LogP contribution in [0.15, 0.2) is 29.4 Å². The first-order valence-corrected chi connectivity index (χ1v) is 9.26. The monoisotopic (exact) mass is 386 g/mol. The first-order chi connectivity index (χ1) is 13.5. The summed E-state index contributed by atoms with van der Waals surface area (Å²) in [5.74, 6) is 2.99. The van der Waals surface area contributed by atoms with Gasteiger partial charge in [-0.25, -0.2) is 4.99 Å². The van der Waals surface area contributed by atoms with Crippen molar-refractivity contribution in [3.8, 4) is 17.2 Å². The second-order valence-electron chi connectivity index (χ2n) is 6.28. The molecule has 0 aliphatic carbocycles. The van der Waals surface area contributed by atoms with Crippen molar-refractivity contribution in [3.63, 3.8) is 0 Å². The van der Waals surface area contributed by atoms with Gasteiger partial charge in [-0.3, -0.25) is 4.98 Å². The lowest BCUT2D eigenvalue weighted by Crippen LogP contribution is -2.37. The SMILES string of the molecule is CCNC(=NCc1ccc(OC)c(OC)c1)NCc1ncc(C)c(OC)c1C. The predicted molar refractivity (Wildman–Crippen MR) is 111 cm³/mol. The normalized spacial score (nSPS) is 11.1. The van der Waals surface area contributed by atoms with E-state index >= 15 is 0 Å². The van der Waals surface area contributed by atoms with Gasteiger partial charge in [0.15, 0.2) is 17.5 Å². The Hall–Kier alpha value is -2.96. The van der Waals surface area contributed by atoms with Gasteiger partial charge < -0.3 is 24.8 Å². The van der Waals surface area contributed by atoms with Gasteiger partial charge in [0.25, 0.3) is 0 Å². The number of benzene rings is 1. The molecule has 0 aliphatic heterocycles. The summed E-state index contributed by atoms with van der Waals surface area (Å²) in [5, 5.41) is 6.59. The van der Waals surface area contributed by atoms with Crippen LogP contribution >= 0.6 is 0 Å². The van der Waals surface area contributed by atoms with E-state index < -0.39 is 0 Å². The molecule has 28 heavy (non-hydrogen) atoms. The third-order valence-corrected chi connectivity index (χ3v) is 4.38. The zero-order chi connectivity index (χ0) is 20.5. The maximum Gasteiger partial charge on any atom is 0.191 e. The van der Waals surface area contributed by atoms with Crippen LogP contribution in [0.5, 0.6) is 17.2 Å². The van der Waals surface area contributed by atoms with Crippen molar-refractivity contribution in [1.82, 2.24) is 15.6 Å². The van der Waals surface area contributed by atoms with Gasteiger partial charge in [-0.15, -0.1) is 0 Å². The standard InChI is InChI=1S/C21H30N4O3/c1-7-22-21(24-12-16-8-9-18(26-4)19(10-16)27-5)25-13-17-15(3)20(28-6)14(2)11-23-17/h8-11H,7,12-13H2,1-6H3,(H2,22,24,25). The molecule has 2 N–H and O–H groups in total. The highest BCUT2D eigenvalue weighted by atomic mass is 16.5. The van der Waals surface area contributed by atoms with Crippen LogP contribution in [0, 0.1) is 13.8 Å². The van der Waals surface area contributed by atoms with Gasteiger partial charge in [0, 0.05) is 23.9 Å². The topological polar surface area (TPSA) is 77.0 Å². The van der Waals surface area contributed by atoms with Crippen molar-refractivity contribution in [2.24, 2.45) is 4.99 Å². The van der Waals surface area contributed by atoms with Crippen LogP contribution in [0.3, 0.4) is 0 Å². The number of guanidine groups is 1. The zero-order valence-electron chi connectivity index (χ0n) is 17.5. The van der Waals surface area contributed by atoms with E-state index in [1.165, 1.54) is 0 Å². The summed E-state index contributed by atoms with van der Waals surface area (Å²) in [4.78, 5) is 9.18. The van der Waals surface area contributed by atoms with Crippen molar-refractivity contribution >= 4 is 5.96 Å². The summed E-state index contributed by atoms with van der Waals surface area (Å²) >= 11 is 0. The van der Waals surface area contributed by atoms with Gasteiger partial charge in [0.2, 0.25) is 0 Å². The van der Waals surface area contributed by atoms with E-state index in [1.54, 1.807) is 21.3 Å². The number of nitrogens with one attached hydrogen (secondary N) is 2. The van der Waals surface area contributed by atoms with Crippen molar-refractivity contribution < 1.29 is 14.2 Å². The molecule has 152 valence electrons. The average molecular weight is 386 g/mol. The third kappa shape index (κ3) is 5.28.